The second-order valence-corrected chi connectivity index (χ2v) is 5.25. The van der Waals surface area contributed by atoms with Gasteiger partial charge in [0, 0.05) is 11.9 Å². The lowest BCUT2D eigenvalue weighted by Gasteiger charge is -2.26. The van der Waals surface area contributed by atoms with E-state index in [0.29, 0.717) is 0 Å². The zero-order chi connectivity index (χ0) is 14.8. The number of aromatic hydroxyl groups is 1. The van der Waals surface area contributed by atoms with Crippen LogP contribution in [0.2, 0.25) is 0 Å². The number of nitrogens with one attached hydrogen (secondary N) is 1. The fourth-order valence-corrected chi connectivity index (χ4v) is 2.78. The summed E-state index contributed by atoms with van der Waals surface area (Å²) in [5, 5.41) is 12.7. The largest absolute Gasteiger partial charge is 0.505 e. The highest BCUT2D eigenvalue weighted by molar-refractivity contribution is 5.95. The zero-order valence-electron chi connectivity index (χ0n) is 12.0. The third-order valence-electron chi connectivity index (χ3n) is 3.79. The van der Waals surface area contributed by atoms with E-state index in [1.54, 1.807) is 6.07 Å². The van der Waals surface area contributed by atoms with E-state index in [4.69, 9.17) is 5.73 Å². The minimum Gasteiger partial charge on any atom is -0.505 e. The number of carbonyl (C=O) groups excluding carboxylic acids is 1. The maximum Gasteiger partial charge on any atom is 0.274 e. The number of hydrogen-bond donors (Lipinski definition) is 3. The lowest BCUT2D eigenvalue weighted by Crippen LogP contribution is -2.31. The van der Waals surface area contributed by atoms with Crippen LogP contribution in [0.15, 0.2) is 36.5 Å². The first-order valence-corrected chi connectivity index (χ1v) is 6.98. The average molecular weight is 320 g/mol. The molecule has 1 atom stereocenters. The van der Waals surface area contributed by atoms with Gasteiger partial charge in [0.15, 0.2) is 5.69 Å². The molecule has 2 aromatic rings. The van der Waals surface area contributed by atoms with Crippen molar-refractivity contribution in [3.8, 4) is 5.75 Å². The van der Waals surface area contributed by atoms with Gasteiger partial charge < -0.3 is 16.2 Å². The number of amides is 1. The number of carbonyl (C=O) groups is 1. The van der Waals surface area contributed by atoms with Crippen LogP contribution < -0.4 is 11.1 Å². The Bertz CT molecular complexity index is 691. The molecule has 5 nitrogen and oxygen atoms in total. The molecule has 0 saturated heterocycles. The SMILES string of the molecule is Cl.Nc1ccc2c(c1)CCCC2NC(=O)c1ncccc1O. The summed E-state index contributed by atoms with van der Waals surface area (Å²) in [6, 6.07) is 8.76. The molecule has 22 heavy (non-hydrogen) atoms. The molecule has 0 aliphatic heterocycles. The minimum absolute atomic E-state index is 0. The van der Waals surface area contributed by atoms with E-state index in [-0.39, 0.29) is 35.8 Å². The van der Waals surface area contributed by atoms with E-state index >= 15 is 0 Å². The number of fused-ring (bicyclic) bond motifs is 1. The Kier molecular flexibility index (Phi) is 4.88. The summed E-state index contributed by atoms with van der Waals surface area (Å²) in [5.74, 6) is -0.467. The van der Waals surface area contributed by atoms with Crippen LogP contribution in [-0.2, 0) is 6.42 Å². The van der Waals surface area contributed by atoms with E-state index in [2.05, 4.69) is 10.3 Å². The van der Waals surface area contributed by atoms with Gasteiger partial charge in [-0.3, -0.25) is 4.79 Å². The van der Waals surface area contributed by atoms with E-state index in [1.165, 1.54) is 17.8 Å². The molecule has 1 aliphatic carbocycles. The fraction of sp³-hybridized carbons (Fsp3) is 0.250. The highest BCUT2D eigenvalue weighted by atomic mass is 35.5. The van der Waals surface area contributed by atoms with Crippen LogP contribution in [0.25, 0.3) is 0 Å². The number of benzene rings is 1. The van der Waals surface area contributed by atoms with Crippen LogP contribution in [0.3, 0.4) is 0 Å². The monoisotopic (exact) mass is 319 g/mol. The number of aryl methyl sites for hydroxylation is 1. The van der Waals surface area contributed by atoms with Crippen LogP contribution in [0.5, 0.6) is 5.75 Å². The second kappa shape index (κ2) is 6.66. The van der Waals surface area contributed by atoms with Crippen molar-refractivity contribution in [2.75, 3.05) is 5.73 Å². The second-order valence-electron chi connectivity index (χ2n) is 5.25. The van der Waals surface area contributed by atoms with Crippen LogP contribution >= 0.6 is 12.4 Å². The van der Waals surface area contributed by atoms with Gasteiger partial charge in [0.2, 0.25) is 0 Å². The Morgan fingerprint density at radius 1 is 1.36 bits per heavy atom. The quantitative estimate of drug-likeness (QED) is 0.742. The molecule has 1 aromatic carbocycles. The first-order valence-electron chi connectivity index (χ1n) is 6.98. The number of halogens is 1. The van der Waals surface area contributed by atoms with E-state index in [0.717, 1.165) is 30.5 Å². The van der Waals surface area contributed by atoms with Gasteiger partial charge in [-0.1, -0.05) is 6.07 Å². The third kappa shape index (κ3) is 3.14. The van der Waals surface area contributed by atoms with Gasteiger partial charge in [-0.15, -0.1) is 12.4 Å². The molecule has 0 bridgehead atoms. The predicted octanol–water partition coefficient (Wildman–Crippen LogP) is 2.60. The normalized spacial score (nSPS) is 16.3. The molecule has 1 amide bonds. The van der Waals surface area contributed by atoms with Crippen molar-refractivity contribution in [2.45, 2.75) is 25.3 Å². The van der Waals surface area contributed by atoms with Gasteiger partial charge >= 0.3 is 0 Å². The molecule has 1 aliphatic rings. The molecule has 0 saturated carbocycles. The van der Waals surface area contributed by atoms with Crippen molar-refractivity contribution in [3.05, 3.63) is 53.3 Å². The molecule has 6 heteroatoms. The minimum atomic E-state index is -0.359. The number of nitrogen functional groups attached to an aromatic ring is 1. The number of pyridine rings is 1. The molecular formula is C16H18ClN3O2. The molecule has 116 valence electrons. The maximum absolute atomic E-state index is 12.3. The van der Waals surface area contributed by atoms with Crippen LogP contribution in [0.4, 0.5) is 5.69 Å². The van der Waals surface area contributed by atoms with Crippen LogP contribution in [-0.4, -0.2) is 16.0 Å². The Morgan fingerprint density at radius 3 is 2.95 bits per heavy atom. The molecule has 0 spiro atoms. The van der Waals surface area contributed by atoms with E-state index in [1.807, 2.05) is 18.2 Å². The smallest absolute Gasteiger partial charge is 0.274 e. The van der Waals surface area contributed by atoms with Gasteiger partial charge in [-0.2, -0.15) is 0 Å². The molecule has 1 aromatic heterocycles. The number of anilines is 1. The fourth-order valence-electron chi connectivity index (χ4n) is 2.78. The first-order chi connectivity index (χ1) is 10.1. The van der Waals surface area contributed by atoms with Crippen molar-refractivity contribution < 1.29 is 9.90 Å². The number of nitrogens with zero attached hydrogens (tertiary/aromatic N) is 1. The van der Waals surface area contributed by atoms with Crippen molar-refractivity contribution >= 4 is 24.0 Å². The maximum atomic E-state index is 12.3. The summed E-state index contributed by atoms with van der Waals surface area (Å²) in [5.41, 5.74) is 8.88. The molecule has 1 heterocycles. The molecule has 1 unspecified atom stereocenters. The first kappa shape index (κ1) is 16.1. The number of nitrogens with two attached hydrogens (primary N) is 1. The summed E-state index contributed by atoms with van der Waals surface area (Å²) >= 11 is 0. The molecular weight excluding hydrogens is 302 g/mol. The van der Waals surface area contributed by atoms with E-state index in [9.17, 15) is 9.90 Å². The highest BCUT2D eigenvalue weighted by Crippen LogP contribution is 2.31. The zero-order valence-corrected chi connectivity index (χ0v) is 12.8. The Hall–Kier alpha value is -2.27. The highest BCUT2D eigenvalue weighted by Gasteiger charge is 2.23. The van der Waals surface area contributed by atoms with E-state index < -0.39 is 0 Å². The Morgan fingerprint density at radius 2 is 2.18 bits per heavy atom. The summed E-state index contributed by atoms with van der Waals surface area (Å²) in [7, 11) is 0. The van der Waals surface area contributed by atoms with Crippen LogP contribution in [0, 0.1) is 0 Å². The van der Waals surface area contributed by atoms with Crippen molar-refractivity contribution in [1.29, 1.82) is 0 Å². The van der Waals surface area contributed by atoms with Gasteiger partial charge in [-0.25, -0.2) is 4.98 Å². The number of hydrogen-bond acceptors (Lipinski definition) is 4. The number of aromatic nitrogens is 1. The summed E-state index contributed by atoms with van der Waals surface area (Å²) in [6.07, 6.45) is 4.33. The molecule has 0 radical (unpaired) electrons. The van der Waals surface area contributed by atoms with Crippen molar-refractivity contribution in [2.24, 2.45) is 0 Å². The molecule has 4 N–H and O–H groups in total. The number of rotatable bonds is 2. The third-order valence-corrected chi connectivity index (χ3v) is 3.79. The summed E-state index contributed by atoms with van der Waals surface area (Å²) in [4.78, 5) is 16.2. The van der Waals surface area contributed by atoms with Gasteiger partial charge in [-0.05, 0) is 54.7 Å². The van der Waals surface area contributed by atoms with Crippen molar-refractivity contribution in [3.63, 3.8) is 0 Å². The lowest BCUT2D eigenvalue weighted by molar-refractivity contribution is 0.0924. The van der Waals surface area contributed by atoms with Crippen molar-refractivity contribution in [1.82, 2.24) is 10.3 Å². The molecule has 3 rings (SSSR count). The van der Waals surface area contributed by atoms with Gasteiger partial charge in [0.05, 0.1) is 6.04 Å². The van der Waals surface area contributed by atoms with Crippen LogP contribution in [0.1, 0.15) is 40.5 Å². The Labute approximate surface area is 135 Å². The topological polar surface area (TPSA) is 88.2 Å². The van der Waals surface area contributed by atoms with Gasteiger partial charge in [0.25, 0.3) is 5.91 Å². The summed E-state index contributed by atoms with van der Waals surface area (Å²) in [6.45, 7) is 0. The van der Waals surface area contributed by atoms with Gasteiger partial charge in [0.1, 0.15) is 5.75 Å². The predicted molar refractivity (Wildman–Crippen MR) is 87.1 cm³/mol. The average Bonchev–Trinajstić information content (AvgIpc) is 2.47. The Balaban J connectivity index is 0.00000176. The standard InChI is InChI=1S/C16H17N3O2.ClH/c17-11-6-7-12-10(9-11)3-1-4-13(12)19-16(21)15-14(20)5-2-8-18-15;/h2,5-9,13,20H,1,3-4,17H2,(H,19,21);1H. The summed E-state index contributed by atoms with van der Waals surface area (Å²) < 4.78 is 0. The molecule has 0 fully saturated rings. The lowest BCUT2D eigenvalue weighted by atomic mass is 9.87.